The topological polar surface area (TPSA) is 38.5 Å². The lowest BCUT2D eigenvalue weighted by molar-refractivity contribution is -0.0681. The Morgan fingerprint density at radius 2 is 2.06 bits per heavy atom. The van der Waals surface area contributed by atoms with Crippen LogP contribution in [-0.4, -0.2) is 42.8 Å². The van der Waals surface area contributed by atoms with Gasteiger partial charge in [-0.25, -0.2) is 0 Å². The monoisotopic (exact) mass is 240 g/mol. The molecule has 2 N–H and O–H groups in total. The van der Waals surface area contributed by atoms with Crippen molar-refractivity contribution in [3.8, 4) is 0 Å². The van der Waals surface area contributed by atoms with Crippen LogP contribution >= 0.6 is 0 Å². The van der Waals surface area contributed by atoms with Gasteiger partial charge in [-0.05, 0) is 25.2 Å². The first-order chi connectivity index (χ1) is 8.09. The van der Waals surface area contributed by atoms with Crippen LogP contribution in [0.5, 0.6) is 0 Å². The molecule has 0 aromatic carbocycles. The van der Waals surface area contributed by atoms with Crippen LogP contribution in [0.15, 0.2) is 0 Å². The molecule has 0 bridgehead atoms. The van der Waals surface area contributed by atoms with E-state index in [1.807, 2.05) is 0 Å². The second-order valence-corrected chi connectivity index (χ2v) is 6.10. The maximum absolute atomic E-state index is 5.97. The molecule has 1 saturated heterocycles. The number of morpholine rings is 1. The molecule has 2 fully saturated rings. The van der Waals surface area contributed by atoms with E-state index in [0.29, 0.717) is 0 Å². The van der Waals surface area contributed by atoms with E-state index in [2.05, 4.69) is 25.7 Å². The van der Waals surface area contributed by atoms with Gasteiger partial charge in [0.15, 0.2) is 0 Å². The van der Waals surface area contributed by atoms with Gasteiger partial charge in [-0.1, -0.05) is 26.7 Å². The van der Waals surface area contributed by atoms with Crippen LogP contribution in [0.2, 0.25) is 0 Å². The highest BCUT2D eigenvalue weighted by Crippen LogP contribution is 2.33. The van der Waals surface area contributed by atoms with Crippen LogP contribution in [0.3, 0.4) is 0 Å². The van der Waals surface area contributed by atoms with Gasteiger partial charge in [-0.2, -0.15) is 0 Å². The van der Waals surface area contributed by atoms with E-state index in [4.69, 9.17) is 10.5 Å². The van der Waals surface area contributed by atoms with Gasteiger partial charge < -0.3 is 10.5 Å². The molecule has 3 nitrogen and oxygen atoms in total. The van der Waals surface area contributed by atoms with E-state index in [1.54, 1.807) is 0 Å². The molecule has 3 heteroatoms. The van der Waals surface area contributed by atoms with Crippen LogP contribution in [0, 0.1) is 11.8 Å². The molecule has 1 aliphatic carbocycles. The van der Waals surface area contributed by atoms with E-state index in [0.717, 1.165) is 37.6 Å². The van der Waals surface area contributed by atoms with Crippen molar-refractivity contribution < 1.29 is 4.74 Å². The quantitative estimate of drug-likeness (QED) is 0.800. The highest BCUT2D eigenvalue weighted by Gasteiger charge is 2.34. The smallest absolute Gasteiger partial charge is 0.0850 e. The van der Waals surface area contributed by atoms with Gasteiger partial charge >= 0.3 is 0 Å². The summed E-state index contributed by atoms with van der Waals surface area (Å²) in [6.07, 6.45) is 4.37. The van der Waals surface area contributed by atoms with Crippen LogP contribution in [0.1, 0.15) is 40.0 Å². The third kappa shape index (κ3) is 3.01. The summed E-state index contributed by atoms with van der Waals surface area (Å²) >= 11 is 0. The van der Waals surface area contributed by atoms with Gasteiger partial charge in [-0.15, -0.1) is 0 Å². The van der Waals surface area contributed by atoms with Gasteiger partial charge in [0.2, 0.25) is 0 Å². The fraction of sp³-hybridized carbons (Fsp3) is 1.00. The second-order valence-electron chi connectivity index (χ2n) is 6.10. The lowest BCUT2D eigenvalue weighted by atomic mass is 9.77. The van der Waals surface area contributed by atoms with Crippen molar-refractivity contribution in [2.45, 2.75) is 58.2 Å². The Morgan fingerprint density at radius 1 is 1.29 bits per heavy atom. The normalized spacial score (nSPS) is 42.4. The summed E-state index contributed by atoms with van der Waals surface area (Å²) in [6.45, 7) is 9.85. The summed E-state index contributed by atoms with van der Waals surface area (Å²) in [4.78, 5) is 2.64. The van der Waals surface area contributed by atoms with Crippen LogP contribution in [0.25, 0.3) is 0 Å². The zero-order chi connectivity index (χ0) is 12.4. The van der Waals surface area contributed by atoms with E-state index in [-0.39, 0.29) is 12.1 Å². The van der Waals surface area contributed by atoms with Crippen molar-refractivity contribution in [3.63, 3.8) is 0 Å². The Balaban J connectivity index is 1.96. The summed E-state index contributed by atoms with van der Waals surface area (Å²) in [5, 5.41) is 0. The third-order valence-corrected chi connectivity index (χ3v) is 4.84. The van der Waals surface area contributed by atoms with Crippen molar-refractivity contribution >= 4 is 0 Å². The average Bonchev–Trinajstić information content (AvgIpc) is 2.33. The Bertz CT molecular complexity index is 244. The molecule has 2 rings (SSSR count). The molecular formula is C14H28N2O. The molecule has 0 spiro atoms. The molecule has 100 valence electrons. The number of nitrogens with zero attached hydrogens (tertiary/aromatic N) is 1. The van der Waals surface area contributed by atoms with E-state index >= 15 is 0 Å². The van der Waals surface area contributed by atoms with E-state index < -0.39 is 0 Å². The number of hydrogen-bond acceptors (Lipinski definition) is 3. The maximum Gasteiger partial charge on any atom is 0.0850 e. The Kier molecular flexibility index (Phi) is 4.45. The van der Waals surface area contributed by atoms with Crippen molar-refractivity contribution in [1.82, 2.24) is 4.90 Å². The highest BCUT2D eigenvalue weighted by molar-refractivity contribution is 4.88. The number of ether oxygens (including phenoxy) is 1. The fourth-order valence-electron chi connectivity index (χ4n) is 3.38. The first kappa shape index (κ1) is 13.3. The first-order valence-corrected chi connectivity index (χ1v) is 7.21. The number of hydrogen-bond donors (Lipinski definition) is 1. The summed E-state index contributed by atoms with van der Waals surface area (Å²) in [7, 11) is 0. The van der Waals surface area contributed by atoms with E-state index in [9.17, 15) is 0 Å². The predicted molar refractivity (Wildman–Crippen MR) is 70.9 cm³/mol. The molecule has 1 heterocycles. The van der Waals surface area contributed by atoms with Gasteiger partial charge in [-0.3, -0.25) is 4.90 Å². The molecule has 17 heavy (non-hydrogen) atoms. The van der Waals surface area contributed by atoms with Crippen molar-refractivity contribution in [2.75, 3.05) is 19.7 Å². The SMILES string of the molecule is CC(N)C1CN(C2CCCC(C)C2C)CCO1. The molecule has 2 aliphatic rings. The third-order valence-electron chi connectivity index (χ3n) is 4.84. The predicted octanol–water partition coefficient (Wildman–Crippen LogP) is 1.86. The lowest BCUT2D eigenvalue weighted by Crippen LogP contribution is -2.55. The Labute approximate surface area is 106 Å². The standard InChI is InChI=1S/C14H28N2O/c1-10-5-4-6-13(11(10)2)16-7-8-17-14(9-16)12(3)15/h10-14H,4-9,15H2,1-3H3. The van der Waals surface area contributed by atoms with Gasteiger partial charge in [0.1, 0.15) is 0 Å². The number of rotatable bonds is 2. The Morgan fingerprint density at radius 3 is 2.76 bits per heavy atom. The van der Waals surface area contributed by atoms with Crippen molar-refractivity contribution in [3.05, 3.63) is 0 Å². The average molecular weight is 240 g/mol. The zero-order valence-electron chi connectivity index (χ0n) is 11.6. The van der Waals surface area contributed by atoms with Crippen molar-refractivity contribution in [2.24, 2.45) is 17.6 Å². The molecule has 1 aliphatic heterocycles. The van der Waals surface area contributed by atoms with Gasteiger partial charge in [0.25, 0.3) is 0 Å². The minimum absolute atomic E-state index is 0.147. The zero-order valence-corrected chi connectivity index (χ0v) is 11.6. The van der Waals surface area contributed by atoms with Gasteiger partial charge in [0, 0.05) is 25.2 Å². The summed E-state index contributed by atoms with van der Waals surface area (Å²) < 4.78 is 5.76. The van der Waals surface area contributed by atoms with Gasteiger partial charge in [0.05, 0.1) is 12.7 Å². The first-order valence-electron chi connectivity index (χ1n) is 7.21. The maximum atomic E-state index is 5.97. The lowest BCUT2D eigenvalue weighted by Gasteiger charge is -2.45. The summed E-state index contributed by atoms with van der Waals surface area (Å²) in [5.41, 5.74) is 5.97. The second kappa shape index (κ2) is 5.68. The highest BCUT2D eigenvalue weighted by atomic mass is 16.5. The summed E-state index contributed by atoms with van der Waals surface area (Å²) in [6, 6.07) is 0.901. The molecule has 0 amide bonds. The van der Waals surface area contributed by atoms with Crippen LogP contribution < -0.4 is 5.73 Å². The Hall–Kier alpha value is -0.120. The molecule has 5 unspecified atom stereocenters. The molecule has 0 aromatic heterocycles. The minimum Gasteiger partial charge on any atom is -0.374 e. The molecule has 5 atom stereocenters. The molecular weight excluding hydrogens is 212 g/mol. The fourth-order valence-corrected chi connectivity index (χ4v) is 3.38. The van der Waals surface area contributed by atoms with E-state index in [1.165, 1.54) is 19.3 Å². The van der Waals surface area contributed by atoms with Crippen LogP contribution in [0.4, 0.5) is 0 Å². The summed E-state index contributed by atoms with van der Waals surface area (Å²) in [5.74, 6) is 1.68. The van der Waals surface area contributed by atoms with Crippen LogP contribution in [-0.2, 0) is 4.74 Å². The molecule has 0 radical (unpaired) electrons. The number of nitrogens with two attached hydrogens (primary N) is 1. The minimum atomic E-state index is 0.147. The molecule has 1 saturated carbocycles. The molecule has 0 aromatic rings. The van der Waals surface area contributed by atoms with Crippen molar-refractivity contribution in [1.29, 1.82) is 0 Å². The largest absolute Gasteiger partial charge is 0.374 e.